The second kappa shape index (κ2) is 9.10. The van der Waals surface area contributed by atoms with E-state index in [4.69, 9.17) is 25.5 Å². The van der Waals surface area contributed by atoms with E-state index in [1.165, 1.54) is 6.21 Å². The predicted molar refractivity (Wildman–Crippen MR) is 108 cm³/mol. The molecule has 3 rings (SSSR count). The van der Waals surface area contributed by atoms with E-state index in [2.05, 4.69) is 10.5 Å². The molecule has 7 heteroatoms. The van der Waals surface area contributed by atoms with Crippen LogP contribution in [-0.4, -0.2) is 25.8 Å². The molecule has 6 nitrogen and oxygen atoms in total. The Morgan fingerprint density at radius 2 is 2.07 bits per heavy atom. The molecule has 0 aliphatic rings. The average molecular weight is 399 g/mol. The van der Waals surface area contributed by atoms with Gasteiger partial charge in [0.25, 0.3) is 5.91 Å². The zero-order valence-electron chi connectivity index (χ0n) is 15.4. The summed E-state index contributed by atoms with van der Waals surface area (Å²) in [6, 6.07) is 16.4. The lowest BCUT2D eigenvalue weighted by Crippen LogP contribution is -2.24. The van der Waals surface area contributed by atoms with Crippen LogP contribution in [0.5, 0.6) is 11.5 Å². The van der Waals surface area contributed by atoms with Gasteiger partial charge in [-0.25, -0.2) is 5.43 Å². The highest BCUT2D eigenvalue weighted by atomic mass is 35.5. The fourth-order valence-electron chi connectivity index (χ4n) is 2.45. The molecular weight excluding hydrogens is 380 g/mol. The van der Waals surface area contributed by atoms with Gasteiger partial charge in [-0.3, -0.25) is 4.79 Å². The maximum Gasteiger partial charge on any atom is 0.277 e. The van der Waals surface area contributed by atoms with E-state index in [0.29, 0.717) is 28.0 Å². The molecule has 0 aliphatic carbocycles. The number of rotatable bonds is 7. The summed E-state index contributed by atoms with van der Waals surface area (Å²) >= 11 is 6.13. The van der Waals surface area contributed by atoms with E-state index in [9.17, 15) is 4.79 Å². The molecule has 0 unspecified atom stereocenters. The van der Waals surface area contributed by atoms with E-state index < -0.39 is 0 Å². The lowest BCUT2D eigenvalue weighted by Gasteiger charge is -2.05. The molecule has 1 heterocycles. The number of aryl methyl sites for hydroxylation is 1. The van der Waals surface area contributed by atoms with Gasteiger partial charge < -0.3 is 13.9 Å². The first-order chi connectivity index (χ1) is 13.5. The highest BCUT2D eigenvalue weighted by molar-refractivity contribution is 6.32. The summed E-state index contributed by atoms with van der Waals surface area (Å²) < 4.78 is 16.2. The third kappa shape index (κ3) is 5.14. The Kier molecular flexibility index (Phi) is 6.34. The van der Waals surface area contributed by atoms with Crippen LogP contribution in [0.3, 0.4) is 0 Å². The van der Waals surface area contributed by atoms with Gasteiger partial charge in [-0.05, 0) is 55.0 Å². The molecule has 28 heavy (non-hydrogen) atoms. The number of nitrogens with one attached hydrogen (secondary N) is 1. The summed E-state index contributed by atoms with van der Waals surface area (Å²) in [5, 5.41) is 4.37. The van der Waals surface area contributed by atoms with Crippen molar-refractivity contribution in [3.05, 3.63) is 70.9 Å². The summed E-state index contributed by atoms with van der Waals surface area (Å²) in [5.41, 5.74) is 4.26. The van der Waals surface area contributed by atoms with Gasteiger partial charge in [0.15, 0.2) is 6.61 Å². The quantitative estimate of drug-likeness (QED) is 0.471. The fraction of sp³-hybridized carbons (Fsp3) is 0.143. The first-order valence-corrected chi connectivity index (χ1v) is 8.88. The van der Waals surface area contributed by atoms with E-state index in [-0.39, 0.29) is 12.5 Å². The minimum atomic E-state index is -0.369. The molecule has 2 aromatic carbocycles. The molecule has 0 bridgehead atoms. The predicted octanol–water partition coefficient (Wildman–Crippen LogP) is 4.45. The molecule has 1 N–H and O–H groups in total. The van der Waals surface area contributed by atoms with Crippen molar-refractivity contribution >= 4 is 23.7 Å². The molecule has 0 spiro atoms. The standard InChI is InChI=1S/C21H19ClN2O4/c1-14-4-3-5-16(10-14)27-13-21(25)24-23-12-17-7-9-19(28-17)15-6-8-20(26-2)18(22)11-15/h3-12H,13H2,1-2H3,(H,24,25)/b23-12+. The Hall–Kier alpha value is -3.25. The number of furan rings is 1. The van der Waals surface area contributed by atoms with Gasteiger partial charge in [0.05, 0.1) is 18.3 Å². The van der Waals surface area contributed by atoms with Crippen LogP contribution in [0.2, 0.25) is 5.02 Å². The zero-order chi connectivity index (χ0) is 19.9. The zero-order valence-corrected chi connectivity index (χ0v) is 16.2. The lowest BCUT2D eigenvalue weighted by molar-refractivity contribution is -0.123. The molecule has 0 fully saturated rings. The Labute approximate surface area is 167 Å². The number of amides is 1. The number of hydrogen-bond donors (Lipinski definition) is 1. The number of nitrogens with zero attached hydrogens (tertiary/aromatic N) is 1. The van der Waals surface area contributed by atoms with Gasteiger partial charge in [-0.15, -0.1) is 0 Å². The van der Waals surface area contributed by atoms with Crippen LogP contribution in [0.25, 0.3) is 11.3 Å². The van der Waals surface area contributed by atoms with E-state index >= 15 is 0 Å². The molecule has 0 saturated heterocycles. The van der Waals surface area contributed by atoms with Crippen LogP contribution in [0.1, 0.15) is 11.3 Å². The maximum absolute atomic E-state index is 11.8. The number of carbonyl (C=O) groups excluding carboxylic acids is 1. The van der Waals surface area contributed by atoms with Crippen LogP contribution in [0.15, 0.2) is 64.1 Å². The van der Waals surface area contributed by atoms with Crippen LogP contribution >= 0.6 is 11.6 Å². The normalized spacial score (nSPS) is 10.8. The molecule has 0 atom stereocenters. The van der Waals surface area contributed by atoms with Crippen LogP contribution in [0.4, 0.5) is 0 Å². The molecule has 0 aliphatic heterocycles. The summed E-state index contributed by atoms with van der Waals surface area (Å²) in [7, 11) is 1.56. The minimum absolute atomic E-state index is 0.130. The number of carbonyl (C=O) groups is 1. The van der Waals surface area contributed by atoms with E-state index in [1.807, 2.05) is 31.2 Å². The molecule has 3 aromatic rings. The smallest absolute Gasteiger partial charge is 0.277 e. The van der Waals surface area contributed by atoms with Crippen molar-refractivity contribution < 1.29 is 18.7 Å². The van der Waals surface area contributed by atoms with Gasteiger partial charge in [-0.2, -0.15) is 5.10 Å². The average Bonchev–Trinajstić information content (AvgIpc) is 3.15. The van der Waals surface area contributed by atoms with Gasteiger partial charge in [0.2, 0.25) is 0 Å². The maximum atomic E-state index is 11.8. The number of ether oxygens (including phenoxy) is 2. The van der Waals surface area contributed by atoms with E-state index in [1.54, 1.807) is 37.4 Å². The monoisotopic (exact) mass is 398 g/mol. The number of hydrazone groups is 1. The molecule has 0 radical (unpaired) electrons. The third-order valence-corrected chi connectivity index (χ3v) is 4.10. The number of hydrogen-bond acceptors (Lipinski definition) is 5. The van der Waals surface area contributed by atoms with Crippen molar-refractivity contribution in [2.24, 2.45) is 5.10 Å². The first-order valence-electron chi connectivity index (χ1n) is 8.50. The third-order valence-electron chi connectivity index (χ3n) is 3.80. The lowest BCUT2D eigenvalue weighted by atomic mass is 10.2. The molecule has 1 aromatic heterocycles. The topological polar surface area (TPSA) is 73.1 Å². The number of halogens is 1. The van der Waals surface area contributed by atoms with Crippen LogP contribution in [0, 0.1) is 6.92 Å². The van der Waals surface area contributed by atoms with Crippen molar-refractivity contribution in [3.8, 4) is 22.8 Å². The Bertz CT molecular complexity index is 998. The number of benzene rings is 2. The van der Waals surface area contributed by atoms with Gasteiger partial charge in [-0.1, -0.05) is 23.7 Å². The molecule has 0 saturated carbocycles. The largest absolute Gasteiger partial charge is 0.495 e. The highest BCUT2D eigenvalue weighted by Gasteiger charge is 2.08. The van der Waals surface area contributed by atoms with Crippen molar-refractivity contribution in [2.45, 2.75) is 6.92 Å². The van der Waals surface area contributed by atoms with Crippen molar-refractivity contribution in [1.29, 1.82) is 0 Å². The number of methoxy groups -OCH3 is 1. The SMILES string of the molecule is COc1ccc(-c2ccc(/C=N/NC(=O)COc3cccc(C)c3)o2)cc1Cl. The Morgan fingerprint density at radius 3 is 2.82 bits per heavy atom. The second-order valence-electron chi connectivity index (χ2n) is 5.95. The summed E-state index contributed by atoms with van der Waals surface area (Å²) in [6.07, 6.45) is 1.42. The van der Waals surface area contributed by atoms with Gasteiger partial charge in [0.1, 0.15) is 23.0 Å². The van der Waals surface area contributed by atoms with Crippen LogP contribution < -0.4 is 14.9 Å². The van der Waals surface area contributed by atoms with Crippen molar-refractivity contribution in [1.82, 2.24) is 5.43 Å². The Morgan fingerprint density at radius 1 is 1.21 bits per heavy atom. The first kappa shape index (κ1) is 19.5. The van der Waals surface area contributed by atoms with Gasteiger partial charge >= 0.3 is 0 Å². The Balaban J connectivity index is 1.53. The van der Waals surface area contributed by atoms with Crippen LogP contribution in [-0.2, 0) is 4.79 Å². The summed E-state index contributed by atoms with van der Waals surface area (Å²) in [4.78, 5) is 11.8. The minimum Gasteiger partial charge on any atom is -0.495 e. The van der Waals surface area contributed by atoms with E-state index in [0.717, 1.165) is 11.1 Å². The summed E-state index contributed by atoms with van der Waals surface area (Å²) in [5.74, 6) is 1.97. The fourth-order valence-corrected chi connectivity index (χ4v) is 2.71. The van der Waals surface area contributed by atoms with Gasteiger partial charge in [0, 0.05) is 5.56 Å². The molecular formula is C21H19ClN2O4. The molecule has 1 amide bonds. The van der Waals surface area contributed by atoms with Crippen molar-refractivity contribution in [2.75, 3.05) is 13.7 Å². The molecule has 144 valence electrons. The highest BCUT2D eigenvalue weighted by Crippen LogP contribution is 2.30. The van der Waals surface area contributed by atoms with Crippen molar-refractivity contribution in [3.63, 3.8) is 0 Å². The second-order valence-corrected chi connectivity index (χ2v) is 6.36. The summed E-state index contributed by atoms with van der Waals surface area (Å²) in [6.45, 7) is 1.82.